The molecule has 0 saturated carbocycles. The average molecular weight is 121 g/mol. The number of nitrogens with two attached hydrogens (primary N) is 2. The summed E-state index contributed by atoms with van der Waals surface area (Å²) in [6.07, 6.45) is 0. The maximum atomic E-state index is 9.79. The highest BCUT2D eigenvalue weighted by Crippen LogP contribution is 1.72. The lowest BCUT2D eigenvalue weighted by atomic mass is 11.0. The van der Waals surface area contributed by atoms with Crippen molar-refractivity contribution in [3.63, 3.8) is 0 Å². The summed E-state index contributed by atoms with van der Waals surface area (Å²) < 4.78 is 0. The second-order valence-electron chi connectivity index (χ2n) is 0.953. The molecular formula is C2H7N3OS. The zero-order valence-electron chi connectivity index (χ0n) is 3.59. The fourth-order valence-corrected chi connectivity index (χ4v) is 0.273. The molecule has 0 aliphatic heterocycles. The molecule has 0 aliphatic rings. The second-order valence-corrected chi connectivity index (χ2v) is 1.51. The number of hydrogen-bond acceptors (Lipinski definition) is 3. The van der Waals surface area contributed by atoms with Crippen LogP contribution < -0.4 is 16.8 Å². The fraction of sp³-hybridized carbons (Fsp3) is 0.500. The number of primary amides is 1. The lowest BCUT2D eigenvalue weighted by Gasteiger charge is -2.00. The van der Waals surface area contributed by atoms with E-state index in [1.165, 1.54) is 0 Å². The van der Waals surface area contributed by atoms with Crippen molar-refractivity contribution < 1.29 is 4.79 Å². The van der Waals surface area contributed by atoms with Crippen LogP contribution in [0.4, 0.5) is 4.79 Å². The maximum Gasteiger partial charge on any atom is 0.314 e. The van der Waals surface area contributed by atoms with Crippen LogP contribution in [0.1, 0.15) is 0 Å². The van der Waals surface area contributed by atoms with Crippen molar-refractivity contribution in [1.82, 2.24) is 5.32 Å². The van der Waals surface area contributed by atoms with E-state index >= 15 is 0 Å². The summed E-state index contributed by atoms with van der Waals surface area (Å²) in [7, 11) is 0. The van der Waals surface area contributed by atoms with Gasteiger partial charge in [-0.2, -0.15) is 0 Å². The van der Waals surface area contributed by atoms with Crippen LogP contribution >= 0.6 is 12.6 Å². The van der Waals surface area contributed by atoms with Gasteiger partial charge in [0.1, 0.15) is 5.50 Å². The molecule has 0 aliphatic carbocycles. The predicted molar refractivity (Wildman–Crippen MR) is 29.7 cm³/mol. The first kappa shape index (κ1) is 6.58. The predicted octanol–water partition coefficient (Wildman–Crippen LogP) is -1.17. The molecule has 5 heteroatoms. The molecule has 4 nitrogen and oxygen atoms in total. The van der Waals surface area contributed by atoms with E-state index in [4.69, 9.17) is 5.73 Å². The normalized spacial score (nSPS) is 12.9. The molecule has 0 spiro atoms. The first-order valence-electron chi connectivity index (χ1n) is 1.62. The smallest absolute Gasteiger partial charge is 0.314 e. The summed E-state index contributed by atoms with van der Waals surface area (Å²) in [5.41, 5.74) is 8.90. The zero-order valence-corrected chi connectivity index (χ0v) is 4.48. The number of nitrogens with one attached hydrogen (secondary N) is 1. The minimum Gasteiger partial charge on any atom is -0.352 e. The highest BCUT2D eigenvalue weighted by atomic mass is 32.1. The van der Waals surface area contributed by atoms with E-state index in [-0.39, 0.29) is 0 Å². The molecule has 1 unspecified atom stereocenters. The van der Waals surface area contributed by atoms with Gasteiger partial charge in [0.05, 0.1) is 0 Å². The third-order valence-electron chi connectivity index (χ3n) is 0.290. The van der Waals surface area contributed by atoms with Crippen molar-refractivity contribution in [3.8, 4) is 0 Å². The minimum atomic E-state index is -0.664. The Morgan fingerprint density at radius 3 is 2.29 bits per heavy atom. The summed E-state index contributed by atoms with van der Waals surface area (Å²) in [5.74, 6) is 0. The number of hydrogen-bond donors (Lipinski definition) is 4. The van der Waals surface area contributed by atoms with Crippen LogP contribution in [0.3, 0.4) is 0 Å². The van der Waals surface area contributed by atoms with Gasteiger partial charge in [0.2, 0.25) is 0 Å². The first-order valence-corrected chi connectivity index (χ1v) is 2.14. The Bertz CT molecular complexity index is 73.3. The van der Waals surface area contributed by atoms with Gasteiger partial charge in [-0.3, -0.25) is 0 Å². The number of urea groups is 1. The summed E-state index contributed by atoms with van der Waals surface area (Å²) in [6, 6.07) is -0.664. The van der Waals surface area contributed by atoms with E-state index in [2.05, 4.69) is 23.7 Å². The Labute approximate surface area is 46.7 Å². The third-order valence-corrected chi connectivity index (χ3v) is 0.419. The molecule has 2 amide bonds. The highest BCUT2D eigenvalue weighted by Gasteiger charge is 1.92. The van der Waals surface area contributed by atoms with Gasteiger partial charge in [0.15, 0.2) is 0 Å². The van der Waals surface area contributed by atoms with Gasteiger partial charge in [-0.1, -0.05) is 0 Å². The van der Waals surface area contributed by atoms with Crippen LogP contribution in [0.2, 0.25) is 0 Å². The molecule has 42 valence electrons. The average Bonchev–Trinajstić information content (AvgIpc) is 1.27. The van der Waals surface area contributed by atoms with Crippen LogP contribution in [-0.2, 0) is 0 Å². The van der Waals surface area contributed by atoms with Gasteiger partial charge in [-0.25, -0.2) is 4.79 Å². The van der Waals surface area contributed by atoms with E-state index < -0.39 is 11.5 Å². The van der Waals surface area contributed by atoms with Gasteiger partial charge in [-0.15, -0.1) is 12.6 Å². The summed E-state index contributed by atoms with van der Waals surface area (Å²) in [5, 5.41) is 2.09. The molecule has 0 fully saturated rings. The SMILES string of the molecule is NC(=O)NC(N)S. The van der Waals surface area contributed by atoms with E-state index in [0.717, 1.165) is 0 Å². The molecule has 0 saturated heterocycles. The Hall–Kier alpha value is -0.420. The monoisotopic (exact) mass is 121 g/mol. The lowest BCUT2D eigenvalue weighted by molar-refractivity contribution is 0.248. The van der Waals surface area contributed by atoms with Crippen LogP contribution in [0, 0.1) is 0 Å². The van der Waals surface area contributed by atoms with E-state index in [9.17, 15) is 4.79 Å². The van der Waals surface area contributed by atoms with Gasteiger partial charge in [0, 0.05) is 0 Å². The molecular weight excluding hydrogens is 114 g/mol. The molecule has 0 aromatic carbocycles. The summed E-state index contributed by atoms with van der Waals surface area (Å²) in [6.45, 7) is 0. The van der Waals surface area contributed by atoms with Crippen molar-refractivity contribution in [2.75, 3.05) is 0 Å². The number of thiol groups is 1. The Morgan fingerprint density at radius 1 is 1.86 bits per heavy atom. The molecule has 5 N–H and O–H groups in total. The van der Waals surface area contributed by atoms with Crippen molar-refractivity contribution in [1.29, 1.82) is 0 Å². The standard InChI is InChI=1S/C2H7N3OS/c3-1(6)5-2(4)7/h2,7H,4H2,(H3,3,5,6). The highest BCUT2D eigenvalue weighted by molar-refractivity contribution is 7.80. The Morgan fingerprint density at radius 2 is 2.29 bits per heavy atom. The van der Waals surface area contributed by atoms with Crippen LogP contribution in [-0.4, -0.2) is 11.5 Å². The Balaban J connectivity index is 3.13. The topological polar surface area (TPSA) is 81.1 Å². The zero-order chi connectivity index (χ0) is 5.86. The van der Waals surface area contributed by atoms with Gasteiger partial charge in [-0.05, 0) is 0 Å². The minimum absolute atomic E-state index is 0.655. The van der Waals surface area contributed by atoms with Crippen molar-refractivity contribution >= 4 is 18.7 Å². The number of carbonyl (C=O) groups is 1. The maximum absolute atomic E-state index is 9.79. The van der Waals surface area contributed by atoms with Crippen LogP contribution in [0.25, 0.3) is 0 Å². The Kier molecular flexibility index (Phi) is 2.54. The molecule has 0 aromatic rings. The largest absolute Gasteiger partial charge is 0.352 e. The third kappa shape index (κ3) is 5.58. The van der Waals surface area contributed by atoms with Crippen LogP contribution in [0.5, 0.6) is 0 Å². The van der Waals surface area contributed by atoms with E-state index in [0.29, 0.717) is 0 Å². The van der Waals surface area contributed by atoms with Crippen molar-refractivity contribution in [3.05, 3.63) is 0 Å². The number of amides is 2. The molecule has 0 bridgehead atoms. The van der Waals surface area contributed by atoms with Gasteiger partial charge < -0.3 is 16.8 Å². The number of rotatable bonds is 1. The van der Waals surface area contributed by atoms with Gasteiger partial charge >= 0.3 is 6.03 Å². The fourth-order valence-electron chi connectivity index (χ4n) is 0.146. The molecule has 0 radical (unpaired) electrons. The first-order chi connectivity index (χ1) is 3.13. The van der Waals surface area contributed by atoms with E-state index in [1.807, 2.05) is 0 Å². The molecule has 7 heavy (non-hydrogen) atoms. The second kappa shape index (κ2) is 2.70. The molecule has 1 atom stereocenters. The molecule has 0 aromatic heterocycles. The lowest BCUT2D eigenvalue weighted by Crippen LogP contribution is -2.40. The molecule has 0 heterocycles. The summed E-state index contributed by atoms with van der Waals surface area (Å²) >= 11 is 3.60. The van der Waals surface area contributed by atoms with Crippen LogP contribution in [0.15, 0.2) is 0 Å². The summed E-state index contributed by atoms with van der Waals surface area (Å²) in [4.78, 5) is 9.79. The number of carbonyl (C=O) groups excluding carboxylic acids is 1. The van der Waals surface area contributed by atoms with Gasteiger partial charge in [0.25, 0.3) is 0 Å². The quantitative estimate of drug-likeness (QED) is 0.260. The molecule has 0 rings (SSSR count). The van der Waals surface area contributed by atoms with Crippen molar-refractivity contribution in [2.45, 2.75) is 5.50 Å². The van der Waals surface area contributed by atoms with E-state index in [1.54, 1.807) is 0 Å². The van der Waals surface area contributed by atoms with Crippen molar-refractivity contribution in [2.24, 2.45) is 11.5 Å².